The molecule has 0 atom stereocenters. The van der Waals surface area contributed by atoms with Crippen molar-refractivity contribution in [1.29, 1.82) is 0 Å². The molecule has 1 fully saturated rings. The van der Waals surface area contributed by atoms with E-state index in [-0.39, 0.29) is 5.12 Å². The van der Waals surface area contributed by atoms with Crippen molar-refractivity contribution in [1.82, 2.24) is 5.32 Å². The van der Waals surface area contributed by atoms with Gasteiger partial charge >= 0.3 is 7.12 Å². The fraction of sp³-hybridized carbons (Fsp3) is 0.526. The van der Waals surface area contributed by atoms with Crippen LogP contribution in [0, 0.1) is 0 Å². The largest absolute Gasteiger partial charge is 0.491 e. The smallest absolute Gasteiger partial charge is 0.400 e. The average molecular weight is 361 g/mol. The molecule has 0 aromatic heterocycles. The summed E-state index contributed by atoms with van der Waals surface area (Å²) >= 11 is 1.28. The Morgan fingerprint density at radius 2 is 1.72 bits per heavy atom. The molecule has 1 aromatic rings. The number of thioether (sulfide) groups is 1. The molecular formula is C19H28BNO3S. The Bertz CT molecular complexity index is 625. The molecule has 1 heterocycles. The Labute approximate surface area is 155 Å². The van der Waals surface area contributed by atoms with Crippen molar-refractivity contribution >= 4 is 30.1 Å². The van der Waals surface area contributed by atoms with Gasteiger partial charge in [-0.2, -0.15) is 0 Å². The molecule has 0 unspecified atom stereocenters. The first-order chi connectivity index (χ1) is 11.6. The van der Waals surface area contributed by atoms with Gasteiger partial charge in [0.25, 0.3) is 0 Å². The quantitative estimate of drug-likeness (QED) is 0.783. The highest BCUT2D eigenvalue weighted by Gasteiger charge is 2.52. The van der Waals surface area contributed by atoms with Gasteiger partial charge in [-0.15, -0.1) is 0 Å². The highest BCUT2D eigenvalue weighted by molar-refractivity contribution is 8.13. The monoisotopic (exact) mass is 361 g/mol. The van der Waals surface area contributed by atoms with Gasteiger partial charge in [-0.25, -0.2) is 0 Å². The van der Waals surface area contributed by atoms with Crippen LogP contribution in [0.25, 0.3) is 6.08 Å². The molecule has 1 N–H and O–H groups in total. The summed E-state index contributed by atoms with van der Waals surface area (Å²) in [6, 6.07) is 8.36. The molecule has 1 aliphatic rings. The van der Waals surface area contributed by atoms with Gasteiger partial charge < -0.3 is 14.6 Å². The van der Waals surface area contributed by atoms with Crippen LogP contribution in [0.4, 0.5) is 0 Å². The molecule has 1 saturated heterocycles. The summed E-state index contributed by atoms with van der Waals surface area (Å²) in [7, 11) is 1.50. The van der Waals surface area contributed by atoms with Gasteiger partial charge in [0.15, 0.2) is 5.12 Å². The first-order valence-electron chi connectivity index (χ1n) is 8.57. The van der Waals surface area contributed by atoms with Crippen molar-refractivity contribution in [3.63, 3.8) is 0 Å². The van der Waals surface area contributed by atoms with E-state index in [9.17, 15) is 4.79 Å². The van der Waals surface area contributed by atoms with E-state index >= 15 is 0 Å². The van der Waals surface area contributed by atoms with Crippen molar-refractivity contribution in [3.8, 4) is 0 Å². The second-order valence-corrected chi connectivity index (χ2v) is 8.51. The molecule has 6 heteroatoms. The number of rotatable bonds is 6. The average Bonchev–Trinajstić information content (AvgIpc) is 2.73. The van der Waals surface area contributed by atoms with Gasteiger partial charge in [-0.05, 0) is 51.3 Å². The van der Waals surface area contributed by atoms with Crippen LogP contribution in [0.5, 0.6) is 0 Å². The molecule has 25 heavy (non-hydrogen) atoms. The fourth-order valence-corrected chi connectivity index (χ4v) is 3.10. The van der Waals surface area contributed by atoms with Crippen LogP contribution < -0.4 is 5.32 Å². The molecule has 0 aliphatic carbocycles. The summed E-state index contributed by atoms with van der Waals surface area (Å²) in [5.74, 6) is 0.560. The Kier molecular flexibility index (Phi) is 6.54. The third kappa shape index (κ3) is 5.20. The lowest BCUT2D eigenvalue weighted by Crippen LogP contribution is -2.41. The minimum Gasteiger partial charge on any atom is -0.400 e. The van der Waals surface area contributed by atoms with E-state index in [0.717, 1.165) is 17.6 Å². The first kappa shape index (κ1) is 20.2. The molecule has 0 saturated carbocycles. The SMILES string of the molecule is CNCc1ccc(C=C(CSC(C)=O)B2OC(C)(C)C(C)(C)O2)cc1. The van der Waals surface area contributed by atoms with Crippen molar-refractivity contribution in [2.24, 2.45) is 0 Å². The Hall–Kier alpha value is -1.08. The normalized spacial score (nSPS) is 19.3. The number of hydrogen-bond donors (Lipinski definition) is 1. The zero-order chi connectivity index (χ0) is 18.7. The van der Waals surface area contributed by atoms with Gasteiger partial charge in [0.05, 0.1) is 11.2 Å². The summed E-state index contributed by atoms with van der Waals surface area (Å²) in [6.45, 7) is 10.6. The van der Waals surface area contributed by atoms with Gasteiger partial charge in [0.1, 0.15) is 0 Å². The second kappa shape index (κ2) is 8.08. The minimum absolute atomic E-state index is 0.0896. The van der Waals surface area contributed by atoms with Crippen molar-refractivity contribution in [3.05, 3.63) is 40.9 Å². The molecular weight excluding hydrogens is 333 g/mol. The number of nitrogens with one attached hydrogen (secondary N) is 1. The zero-order valence-electron chi connectivity index (χ0n) is 16.0. The third-order valence-corrected chi connectivity index (χ3v) is 5.59. The lowest BCUT2D eigenvalue weighted by atomic mass is 9.78. The summed E-state index contributed by atoms with van der Waals surface area (Å²) < 4.78 is 12.3. The summed E-state index contributed by atoms with van der Waals surface area (Å²) in [5, 5.41) is 3.23. The maximum absolute atomic E-state index is 11.4. The minimum atomic E-state index is -0.436. The number of benzene rings is 1. The maximum Gasteiger partial charge on any atom is 0.491 e. The molecule has 136 valence electrons. The standard InChI is InChI=1S/C19H28BNO3S/c1-14(22)25-13-17(20-23-18(2,3)19(4,5)24-20)11-15-7-9-16(10-8-15)12-21-6/h7-11,21H,12-13H2,1-6H3. The number of carbonyl (C=O) groups excluding carboxylic acids is 1. The van der Waals surface area contributed by atoms with Crippen LogP contribution in [0.1, 0.15) is 45.7 Å². The van der Waals surface area contributed by atoms with E-state index in [4.69, 9.17) is 9.31 Å². The lowest BCUT2D eigenvalue weighted by Gasteiger charge is -2.32. The van der Waals surface area contributed by atoms with Crippen LogP contribution in [0.3, 0.4) is 0 Å². The van der Waals surface area contributed by atoms with E-state index < -0.39 is 18.3 Å². The van der Waals surface area contributed by atoms with Crippen molar-refractivity contribution in [2.45, 2.75) is 52.4 Å². The molecule has 1 aliphatic heterocycles. The van der Waals surface area contributed by atoms with Gasteiger partial charge in [0, 0.05) is 19.2 Å². The predicted molar refractivity (Wildman–Crippen MR) is 106 cm³/mol. The molecule has 0 radical (unpaired) electrons. The molecule has 0 spiro atoms. The Morgan fingerprint density at radius 1 is 1.16 bits per heavy atom. The molecule has 0 amide bonds. The lowest BCUT2D eigenvalue weighted by molar-refractivity contribution is -0.109. The second-order valence-electron chi connectivity index (χ2n) is 7.36. The van der Waals surface area contributed by atoms with Crippen LogP contribution in [-0.2, 0) is 20.6 Å². The van der Waals surface area contributed by atoms with E-state index in [1.165, 1.54) is 17.3 Å². The van der Waals surface area contributed by atoms with Crippen molar-refractivity contribution < 1.29 is 14.1 Å². The summed E-state index contributed by atoms with van der Waals surface area (Å²) in [4.78, 5) is 11.4. The molecule has 4 nitrogen and oxygen atoms in total. The van der Waals surface area contributed by atoms with Crippen LogP contribution in [-0.4, -0.2) is 36.2 Å². The fourth-order valence-electron chi connectivity index (χ4n) is 2.51. The van der Waals surface area contributed by atoms with E-state index in [2.05, 4.69) is 35.7 Å². The summed E-state index contributed by atoms with van der Waals surface area (Å²) in [6.07, 6.45) is 2.07. The van der Waals surface area contributed by atoms with E-state index in [1.54, 1.807) is 6.92 Å². The van der Waals surface area contributed by atoms with Crippen LogP contribution in [0.15, 0.2) is 29.7 Å². The zero-order valence-corrected chi connectivity index (χ0v) is 16.8. The topological polar surface area (TPSA) is 47.6 Å². The van der Waals surface area contributed by atoms with Crippen LogP contribution in [0.2, 0.25) is 0 Å². The summed E-state index contributed by atoms with van der Waals surface area (Å²) in [5.41, 5.74) is 2.49. The molecule has 0 bridgehead atoms. The highest BCUT2D eigenvalue weighted by Crippen LogP contribution is 2.39. The van der Waals surface area contributed by atoms with Gasteiger partial charge in [-0.1, -0.05) is 42.1 Å². The maximum atomic E-state index is 11.4. The van der Waals surface area contributed by atoms with Gasteiger partial charge in [-0.3, -0.25) is 4.79 Å². The Morgan fingerprint density at radius 3 is 2.20 bits per heavy atom. The van der Waals surface area contributed by atoms with Gasteiger partial charge in [0.2, 0.25) is 0 Å². The highest BCUT2D eigenvalue weighted by atomic mass is 32.2. The van der Waals surface area contributed by atoms with Crippen molar-refractivity contribution in [2.75, 3.05) is 12.8 Å². The van der Waals surface area contributed by atoms with Crippen LogP contribution >= 0.6 is 11.8 Å². The number of carbonyl (C=O) groups is 1. The first-order valence-corrected chi connectivity index (χ1v) is 9.56. The molecule has 1 aromatic carbocycles. The van der Waals surface area contributed by atoms with E-state index in [1.807, 2.05) is 34.7 Å². The Balaban J connectivity index is 2.25. The van der Waals surface area contributed by atoms with E-state index in [0.29, 0.717) is 5.75 Å². The number of hydrogen-bond acceptors (Lipinski definition) is 5. The third-order valence-electron chi connectivity index (χ3n) is 4.71. The molecule has 2 rings (SSSR count). The predicted octanol–water partition coefficient (Wildman–Crippen LogP) is 3.70.